The second-order valence-corrected chi connectivity index (χ2v) is 6.48. The zero-order valence-corrected chi connectivity index (χ0v) is 16.3. The van der Waals surface area contributed by atoms with Gasteiger partial charge < -0.3 is 20.3 Å². The van der Waals surface area contributed by atoms with Crippen LogP contribution in [0.15, 0.2) is 48.5 Å². The molecule has 7 heteroatoms. The van der Waals surface area contributed by atoms with Crippen molar-refractivity contribution in [3.8, 4) is 0 Å². The monoisotopic (exact) mass is 383 g/mol. The number of methoxy groups -OCH3 is 1. The molecule has 0 aliphatic rings. The number of carbonyl (C=O) groups excluding carboxylic acids is 3. The van der Waals surface area contributed by atoms with Crippen LogP contribution in [0, 0.1) is 0 Å². The molecule has 2 aromatic carbocycles. The minimum Gasteiger partial charge on any atom is -0.465 e. The van der Waals surface area contributed by atoms with Gasteiger partial charge in [-0.15, -0.1) is 0 Å². The molecule has 0 aliphatic heterocycles. The van der Waals surface area contributed by atoms with Crippen molar-refractivity contribution in [2.75, 3.05) is 39.6 Å². The number of nitrogens with zero attached hydrogens (tertiary/aromatic N) is 1. The minimum absolute atomic E-state index is 0.233. The summed E-state index contributed by atoms with van der Waals surface area (Å²) in [4.78, 5) is 38.8. The average Bonchev–Trinajstić information content (AvgIpc) is 2.70. The van der Waals surface area contributed by atoms with Crippen LogP contribution < -0.4 is 10.6 Å². The van der Waals surface area contributed by atoms with Crippen LogP contribution in [0.4, 0.5) is 5.69 Å². The molecule has 0 unspecified atom stereocenters. The van der Waals surface area contributed by atoms with Gasteiger partial charge in [0.15, 0.2) is 0 Å². The van der Waals surface area contributed by atoms with Crippen molar-refractivity contribution in [3.63, 3.8) is 0 Å². The number of esters is 1. The van der Waals surface area contributed by atoms with E-state index in [0.717, 1.165) is 13.0 Å². The third-order valence-electron chi connectivity index (χ3n) is 4.04. The Morgan fingerprint density at radius 3 is 2.32 bits per heavy atom. The van der Waals surface area contributed by atoms with Gasteiger partial charge in [0.2, 0.25) is 0 Å². The first-order valence-corrected chi connectivity index (χ1v) is 8.94. The van der Waals surface area contributed by atoms with Gasteiger partial charge in [0.25, 0.3) is 11.8 Å². The van der Waals surface area contributed by atoms with E-state index in [1.165, 1.54) is 13.2 Å². The van der Waals surface area contributed by atoms with E-state index in [1.54, 1.807) is 42.5 Å². The molecule has 0 spiro atoms. The van der Waals surface area contributed by atoms with Crippen LogP contribution in [0.1, 0.15) is 37.5 Å². The summed E-state index contributed by atoms with van der Waals surface area (Å²) < 4.78 is 4.73. The van der Waals surface area contributed by atoms with E-state index >= 15 is 0 Å². The standard InChI is InChI=1S/C21H25N3O4/c1-24(2)13-7-12-22-19(25)15-8-6-9-16(14-15)20(26)23-18-11-5-4-10-17(18)21(27)28-3/h4-6,8-11,14H,7,12-13H2,1-3H3,(H,22,25)(H,23,26). The van der Waals surface area contributed by atoms with Gasteiger partial charge in [-0.2, -0.15) is 0 Å². The number of carbonyl (C=O) groups is 3. The highest BCUT2D eigenvalue weighted by molar-refractivity contribution is 6.09. The topological polar surface area (TPSA) is 87.7 Å². The fraction of sp³-hybridized carbons (Fsp3) is 0.286. The molecular formula is C21H25N3O4. The van der Waals surface area contributed by atoms with E-state index < -0.39 is 11.9 Å². The summed E-state index contributed by atoms with van der Waals surface area (Å²) in [6.07, 6.45) is 0.837. The fourth-order valence-corrected chi connectivity index (χ4v) is 2.58. The summed E-state index contributed by atoms with van der Waals surface area (Å²) >= 11 is 0. The Morgan fingerprint density at radius 1 is 0.964 bits per heavy atom. The Hall–Kier alpha value is -3.19. The Balaban J connectivity index is 2.06. The molecule has 0 saturated carbocycles. The quantitative estimate of drug-likeness (QED) is 0.540. The molecule has 0 heterocycles. The van der Waals surface area contributed by atoms with Crippen LogP contribution in [-0.2, 0) is 4.74 Å². The Bertz CT molecular complexity index is 849. The van der Waals surface area contributed by atoms with E-state index in [0.29, 0.717) is 23.4 Å². The van der Waals surface area contributed by atoms with Crippen LogP contribution in [0.3, 0.4) is 0 Å². The smallest absolute Gasteiger partial charge is 0.339 e. The summed E-state index contributed by atoms with van der Waals surface area (Å²) in [5, 5.41) is 5.54. The molecule has 0 bridgehead atoms. The molecule has 2 aromatic rings. The molecule has 0 atom stereocenters. The third kappa shape index (κ3) is 5.92. The first-order valence-electron chi connectivity index (χ1n) is 8.94. The number of amides is 2. The average molecular weight is 383 g/mol. The van der Waals surface area contributed by atoms with Crippen LogP contribution in [0.5, 0.6) is 0 Å². The van der Waals surface area contributed by atoms with Crippen molar-refractivity contribution in [1.82, 2.24) is 10.2 Å². The van der Waals surface area contributed by atoms with Gasteiger partial charge in [0, 0.05) is 17.7 Å². The number of benzene rings is 2. The van der Waals surface area contributed by atoms with E-state index in [2.05, 4.69) is 10.6 Å². The lowest BCUT2D eigenvalue weighted by Gasteiger charge is -2.11. The second kappa shape index (κ2) is 10.2. The SMILES string of the molecule is COC(=O)c1ccccc1NC(=O)c1cccc(C(=O)NCCCN(C)C)c1. The molecule has 2 N–H and O–H groups in total. The number of hydrogen-bond donors (Lipinski definition) is 2. The highest BCUT2D eigenvalue weighted by atomic mass is 16.5. The van der Waals surface area contributed by atoms with Crippen molar-refractivity contribution in [3.05, 3.63) is 65.2 Å². The molecule has 148 valence electrons. The molecule has 0 fully saturated rings. The number of rotatable bonds is 8. The van der Waals surface area contributed by atoms with Crippen molar-refractivity contribution >= 4 is 23.5 Å². The highest BCUT2D eigenvalue weighted by Crippen LogP contribution is 2.17. The van der Waals surface area contributed by atoms with Crippen molar-refractivity contribution in [2.45, 2.75) is 6.42 Å². The first-order chi connectivity index (χ1) is 13.4. The van der Waals surface area contributed by atoms with Gasteiger partial charge in [-0.05, 0) is 57.4 Å². The fourth-order valence-electron chi connectivity index (χ4n) is 2.58. The highest BCUT2D eigenvalue weighted by Gasteiger charge is 2.15. The Labute approximate surface area is 164 Å². The summed E-state index contributed by atoms with van der Waals surface area (Å²) in [5.74, 6) is -1.19. The molecule has 2 amide bonds. The van der Waals surface area contributed by atoms with Crippen LogP contribution in [-0.4, -0.2) is 57.0 Å². The predicted octanol–water partition coefficient (Wildman–Crippen LogP) is 2.41. The van der Waals surface area contributed by atoms with Crippen molar-refractivity contribution < 1.29 is 19.1 Å². The number of ether oxygens (including phenoxy) is 1. The van der Waals surface area contributed by atoms with Crippen molar-refractivity contribution in [2.24, 2.45) is 0 Å². The van der Waals surface area contributed by atoms with E-state index in [-0.39, 0.29) is 11.5 Å². The molecular weight excluding hydrogens is 358 g/mol. The van der Waals surface area contributed by atoms with Crippen molar-refractivity contribution in [1.29, 1.82) is 0 Å². The number of hydrogen-bond acceptors (Lipinski definition) is 5. The normalized spacial score (nSPS) is 10.4. The molecule has 0 aromatic heterocycles. The zero-order chi connectivity index (χ0) is 20.5. The van der Waals surface area contributed by atoms with Crippen LogP contribution in [0.2, 0.25) is 0 Å². The zero-order valence-electron chi connectivity index (χ0n) is 16.3. The van der Waals surface area contributed by atoms with Crippen LogP contribution >= 0.6 is 0 Å². The second-order valence-electron chi connectivity index (χ2n) is 6.48. The summed E-state index contributed by atoms with van der Waals surface area (Å²) in [5.41, 5.74) is 1.32. The molecule has 0 saturated heterocycles. The molecule has 0 aliphatic carbocycles. The molecule has 0 radical (unpaired) electrons. The largest absolute Gasteiger partial charge is 0.465 e. The Morgan fingerprint density at radius 2 is 1.64 bits per heavy atom. The van der Waals surface area contributed by atoms with Gasteiger partial charge in [-0.25, -0.2) is 4.79 Å². The molecule has 2 rings (SSSR count). The maximum Gasteiger partial charge on any atom is 0.339 e. The summed E-state index contributed by atoms with van der Waals surface area (Å²) in [7, 11) is 5.23. The first kappa shape index (κ1) is 21.1. The minimum atomic E-state index is -0.540. The number of para-hydroxylation sites is 1. The van der Waals surface area contributed by atoms with Gasteiger partial charge in [0.05, 0.1) is 18.4 Å². The third-order valence-corrected chi connectivity index (χ3v) is 4.04. The maximum absolute atomic E-state index is 12.6. The maximum atomic E-state index is 12.6. The van der Waals surface area contributed by atoms with E-state index in [1.807, 2.05) is 19.0 Å². The van der Waals surface area contributed by atoms with E-state index in [9.17, 15) is 14.4 Å². The number of anilines is 1. The summed E-state index contributed by atoms with van der Waals surface area (Å²) in [6.45, 7) is 1.43. The van der Waals surface area contributed by atoms with Gasteiger partial charge in [0.1, 0.15) is 0 Å². The van der Waals surface area contributed by atoms with Gasteiger partial charge in [-0.1, -0.05) is 18.2 Å². The molecule has 28 heavy (non-hydrogen) atoms. The lowest BCUT2D eigenvalue weighted by atomic mass is 10.1. The molecule has 7 nitrogen and oxygen atoms in total. The van der Waals surface area contributed by atoms with Gasteiger partial charge in [-0.3, -0.25) is 9.59 Å². The summed E-state index contributed by atoms with van der Waals surface area (Å²) in [6, 6.07) is 13.0. The van der Waals surface area contributed by atoms with Gasteiger partial charge >= 0.3 is 5.97 Å². The lowest BCUT2D eigenvalue weighted by molar-refractivity contribution is 0.0601. The lowest BCUT2D eigenvalue weighted by Crippen LogP contribution is -2.27. The number of nitrogens with one attached hydrogen (secondary N) is 2. The van der Waals surface area contributed by atoms with E-state index in [4.69, 9.17) is 4.74 Å². The van der Waals surface area contributed by atoms with Crippen LogP contribution in [0.25, 0.3) is 0 Å². The predicted molar refractivity (Wildman–Crippen MR) is 108 cm³/mol. The Kier molecular flexibility index (Phi) is 7.71.